The van der Waals surface area contributed by atoms with Gasteiger partial charge in [-0.05, 0) is 43.0 Å². The van der Waals surface area contributed by atoms with Gasteiger partial charge in [0.15, 0.2) is 5.69 Å². The molecule has 4 N–H and O–H groups in total. The molecule has 3 aromatic rings. The Morgan fingerprint density at radius 3 is 2.84 bits per heavy atom. The summed E-state index contributed by atoms with van der Waals surface area (Å²) in [7, 11) is 1.64. The zero-order valence-electron chi connectivity index (χ0n) is 17.7. The zero-order valence-corrected chi connectivity index (χ0v) is 17.7. The van der Waals surface area contributed by atoms with Crippen molar-refractivity contribution >= 4 is 23.3 Å². The van der Waals surface area contributed by atoms with Gasteiger partial charge in [-0.1, -0.05) is 6.07 Å². The topological polar surface area (TPSA) is 137 Å². The number of amides is 2. The van der Waals surface area contributed by atoms with Gasteiger partial charge in [0.1, 0.15) is 11.5 Å². The maximum Gasteiger partial charge on any atom is 0.274 e. The lowest BCUT2D eigenvalue weighted by Gasteiger charge is -2.22. The number of hydrogen-bond donors (Lipinski definition) is 3. The number of primary amides is 1. The normalized spacial score (nSPS) is 14.2. The van der Waals surface area contributed by atoms with Crippen molar-refractivity contribution in [3.8, 4) is 11.3 Å². The summed E-state index contributed by atoms with van der Waals surface area (Å²) in [6.07, 6.45) is 5.31. The van der Waals surface area contributed by atoms with Crippen LogP contribution >= 0.6 is 0 Å². The van der Waals surface area contributed by atoms with Gasteiger partial charge in [-0.2, -0.15) is 5.10 Å². The Morgan fingerprint density at radius 2 is 2.06 bits per heavy atom. The van der Waals surface area contributed by atoms with Crippen molar-refractivity contribution in [1.82, 2.24) is 19.7 Å². The van der Waals surface area contributed by atoms with Crippen molar-refractivity contribution in [1.29, 1.82) is 0 Å². The van der Waals surface area contributed by atoms with Crippen LogP contribution in [0.2, 0.25) is 0 Å². The minimum atomic E-state index is -0.722. The van der Waals surface area contributed by atoms with E-state index >= 15 is 0 Å². The Hall–Kier alpha value is -3.79. The summed E-state index contributed by atoms with van der Waals surface area (Å²) in [6, 6.07) is 8.94. The van der Waals surface area contributed by atoms with E-state index in [2.05, 4.69) is 25.7 Å². The van der Waals surface area contributed by atoms with E-state index in [1.54, 1.807) is 25.4 Å². The second-order valence-corrected chi connectivity index (χ2v) is 7.66. The second-order valence-electron chi connectivity index (χ2n) is 7.66. The van der Waals surface area contributed by atoms with Crippen LogP contribution in [-0.4, -0.2) is 51.3 Å². The Kier molecular flexibility index (Phi) is 6.41. The van der Waals surface area contributed by atoms with Gasteiger partial charge in [0.2, 0.25) is 0 Å². The second kappa shape index (κ2) is 9.56. The van der Waals surface area contributed by atoms with E-state index < -0.39 is 11.8 Å². The Bertz CT molecular complexity index is 1120. The number of anilines is 2. The lowest BCUT2D eigenvalue weighted by molar-refractivity contribution is 0.0699. The molecule has 1 aliphatic rings. The first-order valence-electron chi connectivity index (χ1n) is 10.4. The van der Waals surface area contributed by atoms with Crippen LogP contribution in [-0.2, 0) is 11.8 Å². The summed E-state index contributed by atoms with van der Waals surface area (Å²) in [5.74, 6) is 0.138. The summed E-state index contributed by atoms with van der Waals surface area (Å²) in [5.41, 5.74) is 7.23. The summed E-state index contributed by atoms with van der Waals surface area (Å²) < 4.78 is 6.81. The highest BCUT2D eigenvalue weighted by Crippen LogP contribution is 2.22. The lowest BCUT2D eigenvalue weighted by atomic mass is 10.0. The third-order valence-electron chi connectivity index (χ3n) is 5.26. The number of hydrogen-bond acceptors (Lipinski definition) is 7. The molecule has 1 aliphatic heterocycles. The van der Waals surface area contributed by atoms with Gasteiger partial charge in [0.25, 0.3) is 11.8 Å². The molecule has 10 nitrogen and oxygen atoms in total. The van der Waals surface area contributed by atoms with E-state index in [4.69, 9.17) is 10.5 Å². The van der Waals surface area contributed by atoms with Crippen molar-refractivity contribution in [2.75, 3.05) is 30.4 Å². The van der Waals surface area contributed by atoms with E-state index in [0.717, 1.165) is 44.0 Å². The van der Waals surface area contributed by atoms with Crippen molar-refractivity contribution in [2.45, 2.75) is 12.8 Å². The number of ether oxygens (including phenoxy) is 1. The molecule has 3 aromatic heterocycles. The highest BCUT2D eigenvalue weighted by atomic mass is 16.5. The third-order valence-corrected chi connectivity index (χ3v) is 5.26. The number of aryl methyl sites for hydroxylation is 1. The molecule has 0 saturated carbocycles. The lowest BCUT2D eigenvalue weighted by Crippen LogP contribution is -2.22. The maximum absolute atomic E-state index is 12.7. The molecular formula is C22H25N7O3. The molecular weight excluding hydrogens is 410 g/mol. The number of rotatable bonds is 7. The Labute approximate surface area is 185 Å². The number of pyridine rings is 2. The van der Waals surface area contributed by atoms with Crippen molar-refractivity contribution in [3.05, 3.63) is 54.1 Å². The van der Waals surface area contributed by atoms with Gasteiger partial charge in [-0.25, -0.2) is 9.97 Å². The molecule has 0 bridgehead atoms. The average Bonchev–Trinajstić information content (AvgIpc) is 3.19. The molecule has 4 rings (SSSR count). The summed E-state index contributed by atoms with van der Waals surface area (Å²) in [4.78, 5) is 33.1. The standard InChI is InChI=1S/C22H25N7O3/c1-29-13-18(20(28-29)21(23)30)27-22(31)17-4-2-3-16(26-17)15-5-8-24-19(11-15)25-12-14-6-9-32-10-7-14/h2-5,8,11,13-14H,6-7,9-10,12H2,1H3,(H2,23,30)(H,24,25)(H,27,31). The van der Waals surface area contributed by atoms with Crippen LogP contribution in [0, 0.1) is 5.92 Å². The smallest absolute Gasteiger partial charge is 0.274 e. The van der Waals surface area contributed by atoms with Crippen LogP contribution in [0.3, 0.4) is 0 Å². The molecule has 0 spiro atoms. The fraction of sp³-hybridized carbons (Fsp3) is 0.318. The molecule has 4 heterocycles. The van der Waals surface area contributed by atoms with Crippen molar-refractivity contribution in [3.63, 3.8) is 0 Å². The molecule has 0 radical (unpaired) electrons. The fourth-order valence-electron chi connectivity index (χ4n) is 3.56. The zero-order chi connectivity index (χ0) is 22.5. The van der Waals surface area contributed by atoms with E-state index in [0.29, 0.717) is 11.6 Å². The summed E-state index contributed by atoms with van der Waals surface area (Å²) >= 11 is 0. The van der Waals surface area contributed by atoms with Gasteiger partial charge >= 0.3 is 0 Å². The fourth-order valence-corrected chi connectivity index (χ4v) is 3.56. The summed E-state index contributed by atoms with van der Waals surface area (Å²) in [5, 5.41) is 10.0. The van der Waals surface area contributed by atoms with Crippen LogP contribution in [0.1, 0.15) is 33.8 Å². The first-order chi connectivity index (χ1) is 15.5. The molecule has 0 unspecified atom stereocenters. The quantitative estimate of drug-likeness (QED) is 0.516. The molecule has 166 valence electrons. The highest BCUT2D eigenvalue weighted by molar-refractivity contribution is 6.07. The predicted molar refractivity (Wildman–Crippen MR) is 119 cm³/mol. The minimum Gasteiger partial charge on any atom is -0.381 e. The van der Waals surface area contributed by atoms with Crippen LogP contribution in [0.4, 0.5) is 11.5 Å². The Balaban J connectivity index is 1.48. The third kappa shape index (κ3) is 5.09. The molecule has 32 heavy (non-hydrogen) atoms. The van der Waals surface area contributed by atoms with E-state index in [1.807, 2.05) is 18.2 Å². The van der Waals surface area contributed by atoms with Crippen LogP contribution in [0.15, 0.2) is 42.7 Å². The van der Waals surface area contributed by atoms with Crippen LogP contribution < -0.4 is 16.4 Å². The predicted octanol–water partition coefficient (Wildman–Crippen LogP) is 2.07. The SMILES string of the molecule is Cn1cc(NC(=O)c2cccc(-c3ccnc(NCC4CCOCC4)c3)n2)c(C(N)=O)n1. The summed E-state index contributed by atoms with van der Waals surface area (Å²) in [6.45, 7) is 2.44. The average molecular weight is 435 g/mol. The first kappa shape index (κ1) is 21.4. The molecule has 1 saturated heterocycles. The van der Waals surface area contributed by atoms with Crippen LogP contribution in [0.25, 0.3) is 11.3 Å². The number of nitrogens with two attached hydrogens (primary N) is 1. The molecule has 10 heteroatoms. The monoisotopic (exact) mass is 435 g/mol. The number of nitrogens with one attached hydrogen (secondary N) is 2. The maximum atomic E-state index is 12.7. The molecule has 0 aliphatic carbocycles. The van der Waals surface area contributed by atoms with Gasteiger partial charge < -0.3 is 21.1 Å². The largest absolute Gasteiger partial charge is 0.381 e. The van der Waals surface area contributed by atoms with Gasteiger partial charge in [0, 0.05) is 44.8 Å². The number of carbonyl (C=O) groups excluding carboxylic acids is 2. The molecule has 0 atom stereocenters. The van der Waals surface area contributed by atoms with Crippen molar-refractivity contribution < 1.29 is 14.3 Å². The first-order valence-corrected chi connectivity index (χ1v) is 10.4. The number of carbonyl (C=O) groups is 2. The van der Waals surface area contributed by atoms with E-state index in [-0.39, 0.29) is 17.1 Å². The van der Waals surface area contributed by atoms with Gasteiger partial charge in [-0.15, -0.1) is 0 Å². The van der Waals surface area contributed by atoms with Crippen LogP contribution in [0.5, 0.6) is 0 Å². The van der Waals surface area contributed by atoms with Gasteiger partial charge in [0.05, 0.1) is 11.4 Å². The minimum absolute atomic E-state index is 0.00798. The number of nitrogens with zero attached hydrogens (tertiary/aromatic N) is 4. The van der Waals surface area contributed by atoms with E-state index in [9.17, 15) is 9.59 Å². The molecule has 1 fully saturated rings. The van der Waals surface area contributed by atoms with E-state index in [1.165, 1.54) is 10.9 Å². The highest BCUT2D eigenvalue weighted by Gasteiger charge is 2.18. The molecule has 0 aromatic carbocycles. The molecule has 2 amide bonds. The Morgan fingerprint density at radius 1 is 1.25 bits per heavy atom. The van der Waals surface area contributed by atoms with Crippen molar-refractivity contribution in [2.24, 2.45) is 18.7 Å². The number of aromatic nitrogens is 4. The van der Waals surface area contributed by atoms with Gasteiger partial charge in [-0.3, -0.25) is 14.3 Å².